The Bertz CT molecular complexity index is 873. The molecule has 1 aliphatic rings. The molecule has 1 heterocycles. The van der Waals surface area contributed by atoms with Gasteiger partial charge in [0.25, 0.3) is 0 Å². The van der Waals surface area contributed by atoms with Crippen LogP contribution >= 0.6 is 11.9 Å². The molecule has 0 bridgehead atoms. The molecule has 3 aromatic rings. The molecule has 0 saturated carbocycles. The molecule has 2 N–H and O–H groups in total. The fourth-order valence-electron chi connectivity index (χ4n) is 3.09. The van der Waals surface area contributed by atoms with Gasteiger partial charge in [0, 0.05) is 22.5 Å². The normalized spacial score (nSPS) is 14.0. The smallest absolute Gasteiger partial charge is 0.160 e. The molecule has 2 nitrogen and oxygen atoms in total. The van der Waals surface area contributed by atoms with E-state index in [2.05, 4.69) is 27.9 Å². The average molecular weight is 330 g/mol. The lowest BCUT2D eigenvalue weighted by Gasteiger charge is -2.16. The van der Waals surface area contributed by atoms with E-state index in [9.17, 15) is 8.78 Å². The monoisotopic (exact) mass is 330 g/mol. The molecule has 0 spiro atoms. The van der Waals surface area contributed by atoms with Gasteiger partial charge in [0.15, 0.2) is 11.6 Å². The Balaban J connectivity index is 1.56. The number of benzene rings is 2. The van der Waals surface area contributed by atoms with Crippen LogP contribution in [-0.4, -0.2) is 4.98 Å². The van der Waals surface area contributed by atoms with Gasteiger partial charge in [-0.2, -0.15) is 0 Å². The van der Waals surface area contributed by atoms with Gasteiger partial charge < -0.3 is 9.71 Å². The summed E-state index contributed by atoms with van der Waals surface area (Å²) in [4.78, 5) is 4.09. The number of H-pyrrole nitrogens is 1. The van der Waals surface area contributed by atoms with Crippen LogP contribution < -0.4 is 4.72 Å². The first-order chi connectivity index (χ1) is 11.2. The summed E-state index contributed by atoms with van der Waals surface area (Å²) in [7, 11) is 0. The summed E-state index contributed by atoms with van der Waals surface area (Å²) < 4.78 is 29.9. The third-order valence-electron chi connectivity index (χ3n) is 4.32. The molecule has 1 aliphatic carbocycles. The second-order valence-electron chi connectivity index (χ2n) is 5.86. The van der Waals surface area contributed by atoms with Crippen LogP contribution in [0.3, 0.4) is 0 Å². The van der Waals surface area contributed by atoms with Gasteiger partial charge in [-0.3, -0.25) is 0 Å². The van der Waals surface area contributed by atoms with Crippen LogP contribution in [-0.2, 0) is 12.8 Å². The molecule has 23 heavy (non-hydrogen) atoms. The SMILES string of the molecule is Fc1cc2[nH]cc(NSc3ccc4c(c3)CCCC4)c2cc1F. The number of hydrogen-bond donors (Lipinski definition) is 2. The summed E-state index contributed by atoms with van der Waals surface area (Å²) in [5.74, 6) is -1.67. The number of halogens is 2. The van der Waals surface area contributed by atoms with Crippen LogP contribution in [0, 0.1) is 11.6 Å². The number of aromatic nitrogens is 1. The fourth-order valence-corrected chi connectivity index (χ4v) is 3.82. The maximum absolute atomic E-state index is 13.4. The van der Waals surface area contributed by atoms with Crippen molar-refractivity contribution < 1.29 is 8.78 Å². The Morgan fingerprint density at radius 1 is 0.957 bits per heavy atom. The standard InChI is InChI=1S/C18H16F2N2S/c19-15-8-14-17(9-16(15)20)21-10-18(14)22-23-13-6-5-11-3-1-2-4-12(11)7-13/h5-10,21-22H,1-4H2. The first-order valence-electron chi connectivity index (χ1n) is 7.71. The first-order valence-corrected chi connectivity index (χ1v) is 8.53. The number of nitrogens with one attached hydrogen (secondary N) is 2. The molecule has 5 heteroatoms. The molecule has 1 aromatic heterocycles. The second-order valence-corrected chi connectivity index (χ2v) is 6.74. The van der Waals surface area contributed by atoms with Crippen molar-refractivity contribution in [2.24, 2.45) is 0 Å². The molecule has 0 aliphatic heterocycles. The topological polar surface area (TPSA) is 27.8 Å². The summed E-state index contributed by atoms with van der Waals surface area (Å²) in [5.41, 5.74) is 4.21. The zero-order chi connectivity index (χ0) is 15.8. The van der Waals surface area contributed by atoms with Crippen LogP contribution in [0.4, 0.5) is 14.5 Å². The lowest BCUT2D eigenvalue weighted by molar-refractivity contribution is 0.511. The van der Waals surface area contributed by atoms with Crippen molar-refractivity contribution >= 4 is 28.5 Å². The van der Waals surface area contributed by atoms with Crippen LogP contribution in [0.1, 0.15) is 24.0 Å². The Kier molecular flexibility index (Phi) is 3.73. The summed E-state index contributed by atoms with van der Waals surface area (Å²) in [6, 6.07) is 8.93. The highest BCUT2D eigenvalue weighted by Crippen LogP contribution is 2.31. The maximum Gasteiger partial charge on any atom is 0.160 e. The van der Waals surface area contributed by atoms with Crippen molar-refractivity contribution in [1.82, 2.24) is 4.98 Å². The Morgan fingerprint density at radius 2 is 1.74 bits per heavy atom. The van der Waals surface area contributed by atoms with Gasteiger partial charge in [-0.1, -0.05) is 6.07 Å². The van der Waals surface area contributed by atoms with Gasteiger partial charge in [0.05, 0.1) is 11.2 Å². The quantitative estimate of drug-likeness (QED) is 0.626. The number of rotatable bonds is 3. The van der Waals surface area contributed by atoms with Gasteiger partial charge in [-0.25, -0.2) is 8.78 Å². The number of hydrogen-bond acceptors (Lipinski definition) is 2. The predicted octanol–water partition coefficient (Wildman–Crippen LogP) is 5.44. The Morgan fingerprint density at radius 3 is 2.61 bits per heavy atom. The van der Waals surface area contributed by atoms with Crippen molar-refractivity contribution in [2.75, 3.05) is 4.72 Å². The number of aromatic amines is 1. The third-order valence-corrected chi connectivity index (χ3v) is 5.13. The van der Waals surface area contributed by atoms with Gasteiger partial charge in [0.1, 0.15) is 0 Å². The molecule has 0 radical (unpaired) electrons. The van der Waals surface area contributed by atoms with E-state index in [1.165, 1.54) is 54.5 Å². The molecule has 2 aromatic carbocycles. The van der Waals surface area contributed by atoms with Crippen LogP contribution in [0.15, 0.2) is 41.4 Å². The highest BCUT2D eigenvalue weighted by atomic mass is 32.2. The third kappa shape index (κ3) is 2.81. The molecule has 0 atom stereocenters. The van der Waals surface area contributed by atoms with E-state index in [0.29, 0.717) is 10.9 Å². The summed E-state index contributed by atoms with van der Waals surface area (Å²) in [5, 5.41) is 0.648. The highest BCUT2D eigenvalue weighted by molar-refractivity contribution is 8.00. The zero-order valence-electron chi connectivity index (χ0n) is 12.5. The largest absolute Gasteiger partial charge is 0.359 e. The van der Waals surface area contributed by atoms with E-state index in [1.807, 2.05) is 0 Å². The molecular formula is C18H16F2N2S. The first kappa shape index (κ1) is 14.6. The second kappa shape index (κ2) is 5.89. The van der Waals surface area contributed by atoms with Crippen molar-refractivity contribution in [3.05, 3.63) is 59.3 Å². The molecule has 0 amide bonds. The molecule has 0 unspecified atom stereocenters. The van der Waals surface area contributed by atoms with E-state index in [-0.39, 0.29) is 0 Å². The van der Waals surface area contributed by atoms with E-state index in [0.717, 1.165) is 17.0 Å². The Hall–Kier alpha value is -2.01. The summed E-state index contributed by atoms with van der Waals surface area (Å²) >= 11 is 1.49. The maximum atomic E-state index is 13.4. The van der Waals surface area contributed by atoms with Crippen molar-refractivity contribution in [1.29, 1.82) is 0 Å². The molecule has 0 fully saturated rings. The van der Waals surface area contributed by atoms with Gasteiger partial charge >= 0.3 is 0 Å². The average Bonchev–Trinajstić information content (AvgIpc) is 2.95. The van der Waals surface area contributed by atoms with E-state index < -0.39 is 11.6 Å². The molecular weight excluding hydrogens is 314 g/mol. The molecule has 0 saturated heterocycles. The van der Waals surface area contributed by atoms with Gasteiger partial charge in [-0.15, -0.1) is 0 Å². The summed E-state index contributed by atoms with van der Waals surface area (Å²) in [6.45, 7) is 0. The fraction of sp³-hybridized carbons (Fsp3) is 0.222. The lowest BCUT2D eigenvalue weighted by Crippen LogP contribution is -2.02. The van der Waals surface area contributed by atoms with Crippen molar-refractivity contribution in [2.45, 2.75) is 30.6 Å². The molecule has 4 rings (SSSR count). The minimum atomic E-state index is -0.840. The minimum Gasteiger partial charge on any atom is -0.359 e. The van der Waals surface area contributed by atoms with E-state index >= 15 is 0 Å². The van der Waals surface area contributed by atoms with Crippen molar-refractivity contribution in [3.8, 4) is 0 Å². The van der Waals surface area contributed by atoms with E-state index in [1.54, 1.807) is 6.20 Å². The van der Waals surface area contributed by atoms with E-state index in [4.69, 9.17) is 0 Å². The number of fused-ring (bicyclic) bond motifs is 2. The van der Waals surface area contributed by atoms with Crippen LogP contribution in [0.25, 0.3) is 10.9 Å². The van der Waals surface area contributed by atoms with Crippen molar-refractivity contribution in [3.63, 3.8) is 0 Å². The predicted molar refractivity (Wildman–Crippen MR) is 90.8 cm³/mol. The number of aryl methyl sites for hydroxylation is 2. The minimum absolute atomic E-state index is 0.581. The Labute approximate surface area is 137 Å². The van der Waals surface area contributed by atoms with Gasteiger partial charge in [0.2, 0.25) is 0 Å². The highest BCUT2D eigenvalue weighted by Gasteiger charge is 2.11. The molecule has 118 valence electrons. The summed E-state index contributed by atoms with van der Waals surface area (Å²) in [6.07, 6.45) is 6.56. The number of anilines is 1. The lowest BCUT2D eigenvalue weighted by atomic mass is 9.92. The van der Waals surface area contributed by atoms with Gasteiger partial charge in [-0.05, 0) is 67.0 Å². The zero-order valence-corrected chi connectivity index (χ0v) is 13.3. The van der Waals surface area contributed by atoms with Crippen LogP contribution in [0.2, 0.25) is 0 Å². The van der Waals surface area contributed by atoms with Crippen LogP contribution in [0.5, 0.6) is 0 Å².